The maximum Gasteiger partial charge on any atom is 0.498 e. The molecule has 20 heavy (non-hydrogen) atoms. The zero-order valence-corrected chi connectivity index (χ0v) is 12.6. The predicted molar refractivity (Wildman–Crippen MR) is 78.7 cm³/mol. The molecule has 2 aliphatic rings. The maximum absolute atomic E-state index is 6.04. The van der Waals surface area contributed by atoms with Gasteiger partial charge in [0.25, 0.3) is 0 Å². The minimum atomic E-state index is -0.334. The molecule has 2 aliphatic heterocycles. The first kappa shape index (κ1) is 13.7. The van der Waals surface area contributed by atoms with Crippen LogP contribution in [0.2, 0.25) is 0 Å². The van der Waals surface area contributed by atoms with Crippen LogP contribution in [0.1, 0.15) is 40.2 Å². The van der Waals surface area contributed by atoms with Gasteiger partial charge in [-0.1, -0.05) is 0 Å². The third-order valence-electron chi connectivity index (χ3n) is 4.51. The summed E-state index contributed by atoms with van der Waals surface area (Å²) in [6, 6.07) is 0.312. The zero-order valence-electron chi connectivity index (χ0n) is 12.6. The molecule has 5 nitrogen and oxygen atoms in total. The molecule has 0 saturated carbocycles. The quantitative estimate of drug-likeness (QED) is 0.825. The van der Waals surface area contributed by atoms with Crippen molar-refractivity contribution in [1.82, 2.24) is 15.1 Å². The van der Waals surface area contributed by atoms with Gasteiger partial charge < -0.3 is 14.6 Å². The average Bonchev–Trinajstić information content (AvgIpc) is 2.94. The van der Waals surface area contributed by atoms with Crippen molar-refractivity contribution in [2.45, 2.75) is 51.4 Å². The summed E-state index contributed by atoms with van der Waals surface area (Å²) >= 11 is 0. The molecule has 1 aromatic rings. The normalized spacial score (nSPS) is 27.6. The van der Waals surface area contributed by atoms with Crippen molar-refractivity contribution in [3.8, 4) is 0 Å². The van der Waals surface area contributed by atoms with Crippen molar-refractivity contribution in [3.05, 3.63) is 24.7 Å². The zero-order chi connectivity index (χ0) is 14.4. The van der Waals surface area contributed by atoms with Gasteiger partial charge in [-0.05, 0) is 46.4 Å². The van der Waals surface area contributed by atoms with Gasteiger partial charge in [0.1, 0.15) is 0 Å². The van der Waals surface area contributed by atoms with Gasteiger partial charge >= 0.3 is 7.12 Å². The fourth-order valence-corrected chi connectivity index (χ4v) is 2.45. The lowest BCUT2D eigenvalue weighted by Crippen LogP contribution is -2.41. The Bertz CT molecular complexity index is 508. The Hall–Kier alpha value is -1.27. The molecule has 0 radical (unpaired) electrons. The fourth-order valence-electron chi connectivity index (χ4n) is 2.45. The van der Waals surface area contributed by atoms with E-state index in [0.29, 0.717) is 6.04 Å². The van der Waals surface area contributed by atoms with Gasteiger partial charge in [-0.2, -0.15) is 5.10 Å². The van der Waals surface area contributed by atoms with Crippen LogP contribution >= 0.6 is 0 Å². The molecule has 0 aromatic carbocycles. The molecule has 0 bridgehead atoms. The SMILES string of the molecule is CC1(C)OB(c2cnn(C3C=CNCC3)c2)OC1(C)C. The average molecular weight is 275 g/mol. The lowest BCUT2D eigenvalue weighted by atomic mass is 9.82. The van der Waals surface area contributed by atoms with Gasteiger partial charge in [0.15, 0.2) is 0 Å². The van der Waals surface area contributed by atoms with Crippen molar-refractivity contribution in [2.75, 3.05) is 6.54 Å². The minimum absolute atomic E-state index is 0.311. The van der Waals surface area contributed by atoms with Gasteiger partial charge in [0.05, 0.1) is 17.2 Å². The fraction of sp³-hybridized carbons (Fsp3) is 0.643. The Morgan fingerprint density at radius 3 is 2.60 bits per heavy atom. The molecule has 0 spiro atoms. The van der Waals surface area contributed by atoms with E-state index in [0.717, 1.165) is 18.4 Å². The van der Waals surface area contributed by atoms with Crippen molar-refractivity contribution < 1.29 is 9.31 Å². The number of nitrogens with zero attached hydrogens (tertiary/aromatic N) is 2. The summed E-state index contributed by atoms with van der Waals surface area (Å²) in [6.07, 6.45) is 9.04. The van der Waals surface area contributed by atoms with Gasteiger partial charge in [0.2, 0.25) is 0 Å². The third-order valence-corrected chi connectivity index (χ3v) is 4.51. The topological polar surface area (TPSA) is 48.3 Å². The molecule has 1 fully saturated rings. The van der Waals surface area contributed by atoms with E-state index >= 15 is 0 Å². The van der Waals surface area contributed by atoms with Crippen LogP contribution in [0.4, 0.5) is 0 Å². The van der Waals surface area contributed by atoms with Crippen LogP contribution < -0.4 is 10.8 Å². The first-order valence-electron chi connectivity index (χ1n) is 7.19. The Labute approximate surface area is 120 Å². The highest BCUT2D eigenvalue weighted by Gasteiger charge is 2.52. The molecule has 3 rings (SSSR count). The van der Waals surface area contributed by atoms with Crippen LogP contribution in [0.3, 0.4) is 0 Å². The van der Waals surface area contributed by atoms with Crippen LogP contribution in [0.15, 0.2) is 24.7 Å². The predicted octanol–water partition coefficient (Wildman–Crippen LogP) is 1.23. The van der Waals surface area contributed by atoms with E-state index < -0.39 is 0 Å². The molecule has 1 atom stereocenters. The summed E-state index contributed by atoms with van der Waals surface area (Å²) in [6.45, 7) is 9.23. The minimum Gasteiger partial charge on any atom is -0.399 e. The highest BCUT2D eigenvalue weighted by Crippen LogP contribution is 2.36. The van der Waals surface area contributed by atoms with Crippen LogP contribution in [0.5, 0.6) is 0 Å². The van der Waals surface area contributed by atoms with Gasteiger partial charge in [-0.3, -0.25) is 4.68 Å². The highest BCUT2D eigenvalue weighted by molar-refractivity contribution is 6.62. The second kappa shape index (κ2) is 4.64. The molecule has 1 aromatic heterocycles. The first-order valence-corrected chi connectivity index (χ1v) is 7.19. The van der Waals surface area contributed by atoms with E-state index in [4.69, 9.17) is 9.31 Å². The molecule has 1 saturated heterocycles. The lowest BCUT2D eigenvalue weighted by molar-refractivity contribution is 0.00578. The summed E-state index contributed by atoms with van der Waals surface area (Å²) in [5, 5.41) is 7.65. The van der Waals surface area contributed by atoms with Crippen LogP contribution in [-0.4, -0.2) is 34.6 Å². The molecular formula is C14H22BN3O2. The second-order valence-electron chi connectivity index (χ2n) is 6.51. The van der Waals surface area contributed by atoms with E-state index in [1.165, 1.54) is 0 Å². The second-order valence-corrected chi connectivity index (χ2v) is 6.51. The molecule has 1 unspecified atom stereocenters. The lowest BCUT2D eigenvalue weighted by Gasteiger charge is -2.32. The first-order chi connectivity index (χ1) is 9.39. The van der Waals surface area contributed by atoms with E-state index in [9.17, 15) is 0 Å². The number of rotatable bonds is 2. The molecule has 3 heterocycles. The number of hydrogen-bond acceptors (Lipinski definition) is 4. The van der Waals surface area contributed by atoms with E-state index in [-0.39, 0.29) is 18.3 Å². The summed E-state index contributed by atoms with van der Waals surface area (Å²) in [4.78, 5) is 0. The maximum atomic E-state index is 6.04. The number of allylic oxidation sites excluding steroid dienone is 1. The summed E-state index contributed by atoms with van der Waals surface area (Å²) in [5.74, 6) is 0. The Balaban J connectivity index is 1.78. The van der Waals surface area contributed by atoms with Crippen molar-refractivity contribution in [2.24, 2.45) is 0 Å². The third kappa shape index (κ3) is 2.27. The number of aromatic nitrogens is 2. The van der Waals surface area contributed by atoms with Gasteiger partial charge in [-0.15, -0.1) is 0 Å². The molecule has 6 heteroatoms. The summed E-state index contributed by atoms with van der Waals surface area (Å²) < 4.78 is 14.1. The number of hydrogen-bond donors (Lipinski definition) is 1. The summed E-state index contributed by atoms with van der Waals surface area (Å²) in [7, 11) is -0.334. The smallest absolute Gasteiger partial charge is 0.399 e. The monoisotopic (exact) mass is 275 g/mol. The van der Waals surface area contributed by atoms with E-state index in [1.807, 2.05) is 23.3 Å². The van der Waals surface area contributed by atoms with Gasteiger partial charge in [0, 0.05) is 24.4 Å². The Morgan fingerprint density at radius 1 is 1.30 bits per heavy atom. The van der Waals surface area contributed by atoms with Crippen molar-refractivity contribution in [3.63, 3.8) is 0 Å². The Kier molecular flexibility index (Phi) is 3.18. The largest absolute Gasteiger partial charge is 0.498 e. The van der Waals surface area contributed by atoms with Crippen LogP contribution in [-0.2, 0) is 9.31 Å². The molecule has 108 valence electrons. The van der Waals surface area contributed by atoms with E-state index in [2.05, 4.69) is 44.2 Å². The molecular weight excluding hydrogens is 253 g/mol. The summed E-state index contributed by atoms with van der Waals surface area (Å²) in [5.41, 5.74) is 0.360. The van der Waals surface area contributed by atoms with Crippen molar-refractivity contribution in [1.29, 1.82) is 0 Å². The standard InChI is InChI=1S/C14H22BN3O2/c1-13(2)14(3,4)20-15(19-13)11-9-17-18(10-11)12-5-7-16-8-6-12/h5,7,9-10,12,16H,6,8H2,1-4H3. The highest BCUT2D eigenvalue weighted by atomic mass is 16.7. The number of nitrogens with one attached hydrogen (secondary N) is 1. The van der Waals surface area contributed by atoms with E-state index in [1.54, 1.807) is 0 Å². The van der Waals surface area contributed by atoms with Gasteiger partial charge in [-0.25, -0.2) is 0 Å². The molecule has 0 aliphatic carbocycles. The van der Waals surface area contributed by atoms with Crippen LogP contribution in [0, 0.1) is 0 Å². The Morgan fingerprint density at radius 2 is 2.00 bits per heavy atom. The molecule has 0 amide bonds. The van der Waals surface area contributed by atoms with Crippen LogP contribution in [0.25, 0.3) is 0 Å². The van der Waals surface area contributed by atoms with Crippen molar-refractivity contribution >= 4 is 12.6 Å². The molecule has 1 N–H and O–H groups in total.